The van der Waals surface area contributed by atoms with E-state index in [1.165, 1.54) is 12.3 Å². The van der Waals surface area contributed by atoms with Gasteiger partial charge in [0.2, 0.25) is 0 Å². The van der Waals surface area contributed by atoms with Gasteiger partial charge in [-0.2, -0.15) is 8.78 Å². The Labute approximate surface area is 110 Å². The van der Waals surface area contributed by atoms with Crippen molar-refractivity contribution in [2.45, 2.75) is 19.3 Å². The monoisotopic (exact) mass is 270 g/mol. The second-order valence-electron chi connectivity index (χ2n) is 4.38. The standard InChI is InChI=1S/C13H16F2N2O2/c1-2-10-3-4-11(16-9-10)13(14,15)12(18)17-5-7-19-8-6-17/h3-4,9H,2,5-8H2,1H3. The Kier molecular flexibility index (Phi) is 4.09. The molecule has 2 rings (SSSR count). The number of carbonyl (C=O) groups excluding carboxylic acids is 1. The third-order valence-corrected chi connectivity index (χ3v) is 3.12. The van der Waals surface area contributed by atoms with Gasteiger partial charge >= 0.3 is 5.92 Å². The molecule has 0 bridgehead atoms. The lowest BCUT2D eigenvalue weighted by Crippen LogP contribution is -2.47. The molecule has 6 heteroatoms. The molecule has 0 radical (unpaired) electrons. The minimum atomic E-state index is -3.58. The van der Waals surface area contributed by atoms with Crippen LogP contribution in [0.5, 0.6) is 0 Å². The van der Waals surface area contributed by atoms with Crippen LogP contribution in [0.3, 0.4) is 0 Å². The number of morpholine rings is 1. The van der Waals surface area contributed by atoms with E-state index >= 15 is 0 Å². The highest BCUT2D eigenvalue weighted by Crippen LogP contribution is 2.29. The van der Waals surface area contributed by atoms with Crippen LogP contribution in [-0.4, -0.2) is 42.1 Å². The Hall–Kier alpha value is -1.56. The van der Waals surface area contributed by atoms with E-state index < -0.39 is 17.5 Å². The van der Waals surface area contributed by atoms with Gasteiger partial charge in [-0.1, -0.05) is 13.0 Å². The molecule has 0 unspecified atom stereocenters. The van der Waals surface area contributed by atoms with Crippen molar-refractivity contribution in [1.82, 2.24) is 9.88 Å². The molecular formula is C13H16F2N2O2. The Balaban J connectivity index is 2.17. The highest BCUT2D eigenvalue weighted by Gasteiger charge is 2.45. The first-order chi connectivity index (χ1) is 9.05. The number of nitrogens with zero attached hydrogens (tertiary/aromatic N) is 2. The van der Waals surface area contributed by atoms with E-state index in [-0.39, 0.29) is 13.1 Å². The number of pyridine rings is 1. The molecule has 0 aromatic carbocycles. The summed E-state index contributed by atoms with van der Waals surface area (Å²) in [5.74, 6) is -4.78. The van der Waals surface area contributed by atoms with E-state index in [9.17, 15) is 13.6 Å². The molecule has 19 heavy (non-hydrogen) atoms. The van der Waals surface area contributed by atoms with E-state index in [2.05, 4.69) is 4.98 Å². The molecule has 1 aliphatic heterocycles. The van der Waals surface area contributed by atoms with Gasteiger partial charge in [-0.3, -0.25) is 9.78 Å². The lowest BCUT2D eigenvalue weighted by molar-refractivity contribution is -0.163. The van der Waals surface area contributed by atoms with Gasteiger partial charge in [0.1, 0.15) is 5.69 Å². The van der Waals surface area contributed by atoms with Crippen molar-refractivity contribution in [3.05, 3.63) is 29.6 Å². The Bertz CT molecular complexity index is 442. The SMILES string of the molecule is CCc1ccc(C(F)(F)C(=O)N2CCOCC2)nc1. The Morgan fingerprint density at radius 1 is 1.42 bits per heavy atom. The summed E-state index contributed by atoms with van der Waals surface area (Å²) >= 11 is 0. The molecule has 0 aliphatic carbocycles. The molecule has 0 saturated carbocycles. The van der Waals surface area contributed by atoms with Crippen LogP contribution in [0.1, 0.15) is 18.2 Å². The summed E-state index contributed by atoms with van der Waals surface area (Å²) in [7, 11) is 0. The summed E-state index contributed by atoms with van der Waals surface area (Å²) < 4.78 is 33.2. The molecule has 1 aromatic rings. The minimum absolute atomic E-state index is 0.196. The van der Waals surface area contributed by atoms with Crippen LogP contribution in [0.25, 0.3) is 0 Å². The lowest BCUT2D eigenvalue weighted by atomic mass is 10.1. The number of aromatic nitrogens is 1. The fraction of sp³-hybridized carbons (Fsp3) is 0.538. The molecule has 104 valence electrons. The number of hydrogen-bond acceptors (Lipinski definition) is 3. The van der Waals surface area contributed by atoms with Crippen LogP contribution in [0, 0.1) is 0 Å². The Morgan fingerprint density at radius 3 is 2.63 bits per heavy atom. The predicted octanol–water partition coefficient (Wildman–Crippen LogP) is 1.59. The van der Waals surface area contributed by atoms with Gasteiger partial charge in [-0.25, -0.2) is 0 Å². The molecule has 0 spiro atoms. The number of ether oxygens (including phenoxy) is 1. The number of aryl methyl sites for hydroxylation is 1. The fourth-order valence-corrected chi connectivity index (χ4v) is 1.89. The average Bonchev–Trinajstić information content (AvgIpc) is 2.47. The van der Waals surface area contributed by atoms with Crippen molar-refractivity contribution in [2.24, 2.45) is 0 Å². The third-order valence-electron chi connectivity index (χ3n) is 3.12. The predicted molar refractivity (Wildman–Crippen MR) is 64.9 cm³/mol. The van der Waals surface area contributed by atoms with Crippen molar-refractivity contribution in [3.8, 4) is 0 Å². The van der Waals surface area contributed by atoms with Gasteiger partial charge in [0.15, 0.2) is 0 Å². The van der Waals surface area contributed by atoms with E-state index in [4.69, 9.17) is 4.74 Å². The maximum atomic E-state index is 14.1. The molecular weight excluding hydrogens is 254 g/mol. The highest BCUT2D eigenvalue weighted by atomic mass is 19.3. The molecule has 2 heterocycles. The number of alkyl halides is 2. The van der Waals surface area contributed by atoms with Crippen LogP contribution in [-0.2, 0) is 21.9 Å². The molecule has 1 fully saturated rings. The summed E-state index contributed by atoms with van der Waals surface area (Å²) in [6.07, 6.45) is 2.10. The van der Waals surface area contributed by atoms with Crippen molar-refractivity contribution in [1.29, 1.82) is 0 Å². The van der Waals surface area contributed by atoms with Gasteiger partial charge in [0.25, 0.3) is 5.91 Å². The zero-order valence-corrected chi connectivity index (χ0v) is 10.7. The first-order valence-electron chi connectivity index (χ1n) is 6.26. The zero-order chi connectivity index (χ0) is 13.9. The van der Waals surface area contributed by atoms with Crippen molar-refractivity contribution in [2.75, 3.05) is 26.3 Å². The summed E-state index contributed by atoms with van der Waals surface area (Å²) in [6, 6.07) is 2.79. The quantitative estimate of drug-likeness (QED) is 0.837. The van der Waals surface area contributed by atoms with Gasteiger partial charge in [0.05, 0.1) is 13.2 Å². The van der Waals surface area contributed by atoms with E-state index in [0.29, 0.717) is 13.2 Å². The summed E-state index contributed by atoms with van der Waals surface area (Å²) in [6.45, 7) is 2.89. The molecule has 0 N–H and O–H groups in total. The summed E-state index contributed by atoms with van der Waals surface area (Å²) in [5.41, 5.74) is 0.361. The van der Waals surface area contributed by atoms with Crippen LogP contribution < -0.4 is 0 Å². The first kappa shape index (κ1) is 13.9. The highest BCUT2D eigenvalue weighted by molar-refractivity contribution is 5.84. The molecule has 1 aliphatic rings. The topological polar surface area (TPSA) is 42.4 Å². The lowest BCUT2D eigenvalue weighted by Gasteiger charge is -2.29. The average molecular weight is 270 g/mol. The van der Waals surface area contributed by atoms with Crippen LogP contribution in [0.4, 0.5) is 8.78 Å². The molecule has 1 aromatic heterocycles. The first-order valence-corrected chi connectivity index (χ1v) is 6.26. The molecule has 0 atom stereocenters. The Morgan fingerprint density at radius 2 is 2.11 bits per heavy atom. The molecule has 1 amide bonds. The molecule has 1 saturated heterocycles. The van der Waals surface area contributed by atoms with Gasteiger partial charge in [-0.15, -0.1) is 0 Å². The van der Waals surface area contributed by atoms with Gasteiger partial charge in [0, 0.05) is 19.3 Å². The normalized spacial score (nSPS) is 16.5. The van der Waals surface area contributed by atoms with E-state index in [1.54, 1.807) is 6.07 Å². The van der Waals surface area contributed by atoms with E-state index in [0.717, 1.165) is 16.9 Å². The number of carbonyl (C=O) groups is 1. The number of hydrogen-bond donors (Lipinski definition) is 0. The van der Waals surface area contributed by atoms with Crippen LogP contribution >= 0.6 is 0 Å². The van der Waals surface area contributed by atoms with Gasteiger partial charge < -0.3 is 9.64 Å². The van der Waals surface area contributed by atoms with Crippen molar-refractivity contribution < 1.29 is 18.3 Å². The zero-order valence-electron chi connectivity index (χ0n) is 10.7. The maximum absolute atomic E-state index is 14.1. The molecule has 4 nitrogen and oxygen atoms in total. The summed E-state index contributed by atoms with van der Waals surface area (Å²) in [5, 5.41) is 0. The number of amides is 1. The minimum Gasteiger partial charge on any atom is -0.378 e. The maximum Gasteiger partial charge on any atom is 0.366 e. The van der Waals surface area contributed by atoms with Crippen LogP contribution in [0.2, 0.25) is 0 Å². The van der Waals surface area contributed by atoms with Crippen LogP contribution in [0.15, 0.2) is 18.3 Å². The number of halogens is 2. The number of rotatable bonds is 3. The largest absolute Gasteiger partial charge is 0.378 e. The summed E-state index contributed by atoms with van der Waals surface area (Å²) in [4.78, 5) is 16.7. The second-order valence-corrected chi connectivity index (χ2v) is 4.38. The second kappa shape index (κ2) is 5.61. The van der Waals surface area contributed by atoms with Gasteiger partial charge in [-0.05, 0) is 18.1 Å². The van der Waals surface area contributed by atoms with Crippen molar-refractivity contribution in [3.63, 3.8) is 0 Å². The third kappa shape index (κ3) is 2.89. The van der Waals surface area contributed by atoms with Crippen molar-refractivity contribution >= 4 is 5.91 Å². The smallest absolute Gasteiger partial charge is 0.366 e. The van der Waals surface area contributed by atoms with E-state index in [1.807, 2.05) is 6.92 Å². The fourth-order valence-electron chi connectivity index (χ4n) is 1.89.